The van der Waals surface area contributed by atoms with Crippen LogP contribution in [0.15, 0.2) is 36.2 Å². The molecule has 8 nitrogen and oxygen atoms in total. The van der Waals surface area contributed by atoms with E-state index in [1.54, 1.807) is 29.2 Å². The zero-order valence-electron chi connectivity index (χ0n) is 16.3. The number of alkyl halides is 2. The maximum absolute atomic E-state index is 13.4. The van der Waals surface area contributed by atoms with E-state index < -0.39 is 12.2 Å². The summed E-state index contributed by atoms with van der Waals surface area (Å²) in [7, 11) is 0. The Hall–Kier alpha value is -3.01. The molecule has 1 aromatic carbocycles. The number of para-hydroxylation sites is 2. The monoisotopic (exact) mass is 419 g/mol. The quantitative estimate of drug-likeness (QED) is 0.424. The number of nitrogens with two attached hydrogens (primary N) is 1. The number of likely N-dealkylation sites (tertiary alicyclic amines) is 1. The molecule has 2 aromatic rings. The van der Waals surface area contributed by atoms with E-state index in [0.717, 1.165) is 17.4 Å². The van der Waals surface area contributed by atoms with Gasteiger partial charge in [0.15, 0.2) is 11.7 Å². The average molecular weight is 419 g/mol. The van der Waals surface area contributed by atoms with Gasteiger partial charge in [-0.05, 0) is 25.0 Å². The topological polar surface area (TPSA) is 106 Å². The Bertz CT molecular complexity index is 978. The van der Waals surface area contributed by atoms with Crippen LogP contribution in [-0.4, -0.2) is 58.6 Å². The molecule has 2 saturated heterocycles. The number of nitrogens with one attached hydrogen (secondary N) is 1. The summed E-state index contributed by atoms with van der Waals surface area (Å²) in [6, 6.07) is 6.60. The predicted molar refractivity (Wildman–Crippen MR) is 105 cm³/mol. The third-order valence-electron chi connectivity index (χ3n) is 5.26. The van der Waals surface area contributed by atoms with Gasteiger partial charge in [0, 0.05) is 31.7 Å². The number of carbonyl (C=O) groups is 1. The summed E-state index contributed by atoms with van der Waals surface area (Å²) in [4.78, 5) is 17.9. The summed E-state index contributed by atoms with van der Waals surface area (Å²) >= 11 is 0. The van der Waals surface area contributed by atoms with Crippen LogP contribution in [-0.2, 0) is 14.3 Å². The van der Waals surface area contributed by atoms with E-state index in [9.17, 15) is 13.6 Å². The maximum Gasteiger partial charge on any atom is 0.296 e. The number of hydrogen-bond donors (Lipinski definition) is 2. The van der Waals surface area contributed by atoms with Gasteiger partial charge in [0.25, 0.3) is 12.3 Å². The Morgan fingerprint density at radius 1 is 1.40 bits per heavy atom. The highest BCUT2D eigenvalue weighted by Crippen LogP contribution is 2.25. The van der Waals surface area contributed by atoms with Crippen molar-refractivity contribution in [2.24, 2.45) is 11.7 Å². The van der Waals surface area contributed by atoms with E-state index in [-0.39, 0.29) is 36.3 Å². The molecule has 1 atom stereocenters. The van der Waals surface area contributed by atoms with Gasteiger partial charge in [0.1, 0.15) is 11.9 Å². The van der Waals surface area contributed by atoms with Crippen LogP contribution in [0.5, 0.6) is 0 Å². The number of rotatable bonds is 6. The number of imidazole rings is 1. The SMILES string of the molecule is N=C(C=C(N)OCC1CN(C(=O)[C@@H]2CCCO2)C1)n1c(C(F)F)nc2ccccc21. The maximum atomic E-state index is 13.4. The van der Waals surface area contributed by atoms with Crippen molar-refractivity contribution in [3.05, 3.63) is 42.0 Å². The Kier molecular flexibility index (Phi) is 5.67. The zero-order valence-corrected chi connectivity index (χ0v) is 16.3. The molecule has 2 aliphatic heterocycles. The second-order valence-electron chi connectivity index (χ2n) is 7.45. The Morgan fingerprint density at radius 2 is 2.17 bits per heavy atom. The molecule has 3 N–H and O–H groups in total. The highest BCUT2D eigenvalue weighted by Gasteiger charge is 2.36. The molecule has 0 aliphatic carbocycles. The van der Waals surface area contributed by atoms with Crippen LogP contribution in [0.4, 0.5) is 8.78 Å². The van der Waals surface area contributed by atoms with E-state index in [2.05, 4.69) is 4.98 Å². The summed E-state index contributed by atoms with van der Waals surface area (Å²) in [5, 5.41) is 8.21. The molecular formula is C20H23F2N5O3. The fraction of sp³-hybridized carbons (Fsp3) is 0.450. The lowest BCUT2D eigenvalue weighted by Crippen LogP contribution is -2.54. The van der Waals surface area contributed by atoms with E-state index in [1.165, 1.54) is 6.08 Å². The van der Waals surface area contributed by atoms with Gasteiger partial charge in [-0.15, -0.1) is 0 Å². The number of carbonyl (C=O) groups excluding carboxylic acids is 1. The van der Waals surface area contributed by atoms with Crippen LogP contribution in [0.25, 0.3) is 11.0 Å². The number of aromatic nitrogens is 2. The van der Waals surface area contributed by atoms with Gasteiger partial charge in [-0.1, -0.05) is 12.1 Å². The Labute approximate surface area is 171 Å². The molecule has 4 rings (SSSR count). The van der Waals surface area contributed by atoms with Gasteiger partial charge in [0.2, 0.25) is 0 Å². The van der Waals surface area contributed by atoms with Crippen molar-refractivity contribution in [1.82, 2.24) is 14.5 Å². The molecule has 30 heavy (non-hydrogen) atoms. The fourth-order valence-electron chi connectivity index (χ4n) is 3.73. The van der Waals surface area contributed by atoms with Gasteiger partial charge < -0.3 is 20.1 Å². The number of amides is 1. The van der Waals surface area contributed by atoms with Crippen molar-refractivity contribution < 1.29 is 23.0 Å². The third-order valence-corrected chi connectivity index (χ3v) is 5.26. The number of ether oxygens (including phenoxy) is 2. The molecular weight excluding hydrogens is 396 g/mol. The summed E-state index contributed by atoms with van der Waals surface area (Å²) in [6.07, 6.45) is -0.308. The van der Waals surface area contributed by atoms with Crippen LogP contribution < -0.4 is 5.73 Å². The number of benzene rings is 1. The van der Waals surface area contributed by atoms with Crippen LogP contribution >= 0.6 is 0 Å². The van der Waals surface area contributed by atoms with Gasteiger partial charge in [0.05, 0.1) is 17.6 Å². The number of fused-ring (bicyclic) bond motifs is 1. The Morgan fingerprint density at radius 3 is 2.87 bits per heavy atom. The van der Waals surface area contributed by atoms with E-state index in [0.29, 0.717) is 30.7 Å². The lowest BCUT2D eigenvalue weighted by molar-refractivity contribution is -0.148. The van der Waals surface area contributed by atoms with Gasteiger partial charge in [-0.25, -0.2) is 13.8 Å². The first-order chi connectivity index (χ1) is 14.4. The normalized spacial score (nSPS) is 20.0. The first kappa shape index (κ1) is 20.3. The molecule has 0 bridgehead atoms. The van der Waals surface area contributed by atoms with Crippen LogP contribution in [0.1, 0.15) is 25.1 Å². The number of allylic oxidation sites excluding steroid dienone is 1. The highest BCUT2D eigenvalue weighted by atomic mass is 19.3. The van der Waals surface area contributed by atoms with Crippen LogP contribution in [0.3, 0.4) is 0 Å². The summed E-state index contributed by atoms with van der Waals surface area (Å²) in [5.74, 6) is -0.697. The van der Waals surface area contributed by atoms with Crippen molar-refractivity contribution in [2.75, 3.05) is 26.3 Å². The van der Waals surface area contributed by atoms with Gasteiger partial charge in [-0.2, -0.15) is 0 Å². The first-order valence-corrected chi connectivity index (χ1v) is 9.79. The minimum absolute atomic E-state index is 0.0144. The molecule has 1 aromatic heterocycles. The summed E-state index contributed by atoms with van der Waals surface area (Å²) in [6.45, 7) is 2.02. The Balaban J connectivity index is 1.35. The zero-order chi connectivity index (χ0) is 21.3. The second-order valence-corrected chi connectivity index (χ2v) is 7.45. The van der Waals surface area contributed by atoms with Gasteiger partial charge >= 0.3 is 0 Å². The van der Waals surface area contributed by atoms with Crippen molar-refractivity contribution in [2.45, 2.75) is 25.4 Å². The molecule has 3 heterocycles. The first-order valence-electron chi connectivity index (χ1n) is 9.79. The smallest absolute Gasteiger partial charge is 0.296 e. The number of halogens is 2. The van der Waals surface area contributed by atoms with E-state index in [1.807, 2.05) is 0 Å². The molecule has 2 fully saturated rings. The van der Waals surface area contributed by atoms with Crippen LogP contribution in [0.2, 0.25) is 0 Å². The molecule has 1 amide bonds. The predicted octanol–water partition coefficient (Wildman–Crippen LogP) is 2.25. The molecule has 2 aliphatic rings. The lowest BCUT2D eigenvalue weighted by Gasteiger charge is -2.40. The molecule has 0 unspecified atom stereocenters. The average Bonchev–Trinajstić information content (AvgIpc) is 3.34. The molecule has 160 valence electrons. The second kappa shape index (κ2) is 8.39. The van der Waals surface area contributed by atoms with E-state index in [4.69, 9.17) is 20.6 Å². The summed E-state index contributed by atoms with van der Waals surface area (Å²) in [5.41, 5.74) is 6.61. The number of nitrogens with zero attached hydrogens (tertiary/aromatic N) is 3. The highest BCUT2D eigenvalue weighted by molar-refractivity contribution is 5.99. The lowest BCUT2D eigenvalue weighted by atomic mass is 10.00. The third kappa shape index (κ3) is 4.00. The number of hydrogen-bond acceptors (Lipinski definition) is 6. The molecule has 0 radical (unpaired) electrons. The van der Waals surface area contributed by atoms with Crippen molar-refractivity contribution in [1.29, 1.82) is 5.41 Å². The fourth-order valence-corrected chi connectivity index (χ4v) is 3.73. The standard InChI is InChI=1S/C20H23F2N5O3/c21-18(22)19-25-13-4-1-2-5-14(13)27(19)16(23)8-17(24)30-11-12-9-26(10-12)20(28)15-6-3-7-29-15/h1-2,4-5,8,12,15,18,23H,3,6-7,9-11,24H2/t15-/m0/s1. The molecule has 0 saturated carbocycles. The van der Waals surface area contributed by atoms with Crippen LogP contribution in [0, 0.1) is 11.3 Å². The molecule has 10 heteroatoms. The minimum atomic E-state index is -2.84. The molecule has 0 spiro atoms. The van der Waals surface area contributed by atoms with Gasteiger partial charge in [-0.3, -0.25) is 14.8 Å². The largest absolute Gasteiger partial charge is 0.479 e. The van der Waals surface area contributed by atoms with Crippen molar-refractivity contribution >= 4 is 22.8 Å². The van der Waals surface area contributed by atoms with Crippen molar-refractivity contribution in [3.8, 4) is 0 Å². The van der Waals surface area contributed by atoms with Crippen molar-refractivity contribution in [3.63, 3.8) is 0 Å². The minimum Gasteiger partial charge on any atom is -0.479 e. The summed E-state index contributed by atoms with van der Waals surface area (Å²) < 4.78 is 38.7. The van der Waals surface area contributed by atoms with E-state index >= 15 is 0 Å².